The van der Waals surface area contributed by atoms with Crippen molar-refractivity contribution >= 4 is 40.3 Å². The highest BCUT2D eigenvalue weighted by Crippen LogP contribution is 2.19. The molecule has 0 aliphatic rings. The summed E-state index contributed by atoms with van der Waals surface area (Å²) in [7, 11) is 0. The number of nitrogens with two attached hydrogens (primary N) is 1. The van der Waals surface area contributed by atoms with E-state index in [1.807, 2.05) is 0 Å². The number of carbonyl (C=O) groups is 1. The number of H-pyrrole nitrogens is 1. The van der Waals surface area contributed by atoms with Gasteiger partial charge in [-0.05, 0) is 18.2 Å². The largest absolute Gasteiger partial charge is 0.399 e. The fraction of sp³-hybridized carbons (Fsp3) is 0. The summed E-state index contributed by atoms with van der Waals surface area (Å²) in [6, 6.07) is 3.68. The van der Waals surface area contributed by atoms with E-state index in [4.69, 9.17) is 17.3 Å². The van der Waals surface area contributed by atoms with E-state index in [1.54, 1.807) is 0 Å². The molecule has 9 heteroatoms. The third-order valence-corrected chi connectivity index (χ3v) is 2.98. The Bertz CT molecular complexity index is 849. The molecule has 3 rings (SSSR count). The Morgan fingerprint density at radius 1 is 1.38 bits per heavy atom. The van der Waals surface area contributed by atoms with E-state index >= 15 is 0 Å². The summed E-state index contributed by atoms with van der Waals surface area (Å²) in [6.45, 7) is 0. The second-order valence-corrected chi connectivity index (χ2v) is 4.49. The van der Waals surface area contributed by atoms with Crippen molar-refractivity contribution in [2.75, 3.05) is 11.1 Å². The van der Waals surface area contributed by atoms with Gasteiger partial charge in [-0.1, -0.05) is 11.6 Å². The average molecular weight is 307 g/mol. The standard InChI is InChI=1S/C12H8ClFN6O/c13-9-8-10(17-4-16-8)19-12(18-9)20-11(21)6-3-5(15)1-2-7(6)14/h1-4H,15H2,(H2,16,17,18,19,20,21). The SMILES string of the molecule is Nc1ccc(F)c(C(=O)Nc2nc(Cl)c3[nH]cnc3n2)c1. The summed E-state index contributed by atoms with van der Waals surface area (Å²) >= 11 is 5.92. The normalized spacial score (nSPS) is 10.8. The van der Waals surface area contributed by atoms with E-state index in [2.05, 4.69) is 25.3 Å². The predicted octanol–water partition coefficient (Wildman–Crippen LogP) is 1.98. The van der Waals surface area contributed by atoms with Gasteiger partial charge in [-0.3, -0.25) is 10.1 Å². The van der Waals surface area contributed by atoms with Crippen molar-refractivity contribution in [3.63, 3.8) is 0 Å². The van der Waals surface area contributed by atoms with Gasteiger partial charge in [0.1, 0.15) is 11.3 Å². The smallest absolute Gasteiger partial charge is 0.261 e. The molecular weight excluding hydrogens is 299 g/mol. The monoisotopic (exact) mass is 306 g/mol. The molecule has 4 N–H and O–H groups in total. The molecule has 1 amide bonds. The Morgan fingerprint density at radius 2 is 2.19 bits per heavy atom. The highest BCUT2D eigenvalue weighted by molar-refractivity contribution is 6.33. The molecule has 0 saturated carbocycles. The lowest BCUT2D eigenvalue weighted by Gasteiger charge is -2.06. The molecule has 2 aromatic heterocycles. The van der Waals surface area contributed by atoms with Gasteiger partial charge < -0.3 is 10.7 Å². The second-order valence-electron chi connectivity index (χ2n) is 4.13. The quantitative estimate of drug-likeness (QED) is 0.495. The van der Waals surface area contributed by atoms with Gasteiger partial charge in [-0.25, -0.2) is 9.37 Å². The zero-order valence-electron chi connectivity index (χ0n) is 10.4. The molecule has 1 aromatic carbocycles. The molecule has 0 saturated heterocycles. The number of imidazole rings is 1. The van der Waals surface area contributed by atoms with Crippen molar-refractivity contribution in [2.24, 2.45) is 0 Å². The summed E-state index contributed by atoms with van der Waals surface area (Å²) < 4.78 is 13.6. The number of hydrogen-bond donors (Lipinski definition) is 3. The fourth-order valence-corrected chi connectivity index (χ4v) is 1.96. The van der Waals surface area contributed by atoms with E-state index in [0.717, 1.165) is 6.07 Å². The zero-order chi connectivity index (χ0) is 15.0. The number of anilines is 2. The Hall–Kier alpha value is -2.74. The van der Waals surface area contributed by atoms with Crippen molar-refractivity contribution in [3.05, 3.63) is 41.1 Å². The van der Waals surface area contributed by atoms with E-state index in [9.17, 15) is 9.18 Å². The van der Waals surface area contributed by atoms with Gasteiger partial charge in [-0.15, -0.1) is 0 Å². The Morgan fingerprint density at radius 3 is 3.00 bits per heavy atom. The van der Waals surface area contributed by atoms with Gasteiger partial charge in [0.2, 0.25) is 5.95 Å². The summed E-state index contributed by atoms with van der Waals surface area (Å²) in [6.07, 6.45) is 1.40. The minimum absolute atomic E-state index is 0.0774. The van der Waals surface area contributed by atoms with Gasteiger partial charge in [0.25, 0.3) is 5.91 Å². The lowest BCUT2D eigenvalue weighted by Crippen LogP contribution is -2.16. The lowest BCUT2D eigenvalue weighted by atomic mass is 10.2. The number of fused-ring (bicyclic) bond motifs is 1. The van der Waals surface area contributed by atoms with Crippen LogP contribution in [0.3, 0.4) is 0 Å². The maximum atomic E-state index is 13.6. The van der Waals surface area contributed by atoms with Crippen LogP contribution >= 0.6 is 11.6 Å². The molecule has 106 valence electrons. The maximum absolute atomic E-state index is 13.6. The Labute approximate surface area is 122 Å². The molecule has 0 atom stereocenters. The number of nitrogens with one attached hydrogen (secondary N) is 2. The van der Waals surface area contributed by atoms with Gasteiger partial charge in [-0.2, -0.15) is 9.97 Å². The van der Waals surface area contributed by atoms with E-state index < -0.39 is 11.7 Å². The van der Waals surface area contributed by atoms with Crippen molar-refractivity contribution in [3.8, 4) is 0 Å². The van der Waals surface area contributed by atoms with E-state index in [-0.39, 0.29) is 22.4 Å². The van der Waals surface area contributed by atoms with Crippen LogP contribution in [0.4, 0.5) is 16.0 Å². The number of amides is 1. The van der Waals surface area contributed by atoms with E-state index in [1.165, 1.54) is 18.5 Å². The number of hydrogen-bond acceptors (Lipinski definition) is 5. The topological polar surface area (TPSA) is 110 Å². The Balaban J connectivity index is 1.94. The zero-order valence-corrected chi connectivity index (χ0v) is 11.1. The Kier molecular flexibility index (Phi) is 3.15. The first kappa shape index (κ1) is 13.3. The average Bonchev–Trinajstić information content (AvgIpc) is 2.90. The third-order valence-electron chi connectivity index (χ3n) is 2.70. The second kappa shape index (κ2) is 4.98. The molecule has 7 nitrogen and oxygen atoms in total. The number of aromatic amines is 1. The molecule has 0 unspecified atom stereocenters. The van der Waals surface area contributed by atoms with Gasteiger partial charge in [0.05, 0.1) is 11.9 Å². The van der Waals surface area contributed by atoms with Gasteiger partial charge in [0, 0.05) is 5.69 Å². The fourth-order valence-electron chi connectivity index (χ4n) is 1.74. The van der Waals surface area contributed by atoms with E-state index in [0.29, 0.717) is 11.2 Å². The van der Waals surface area contributed by atoms with Crippen molar-refractivity contribution in [1.29, 1.82) is 0 Å². The first-order valence-electron chi connectivity index (χ1n) is 5.77. The first-order chi connectivity index (χ1) is 10.0. The highest BCUT2D eigenvalue weighted by Gasteiger charge is 2.15. The number of carbonyl (C=O) groups excluding carboxylic acids is 1. The van der Waals surface area contributed by atoms with Gasteiger partial charge in [0.15, 0.2) is 10.8 Å². The summed E-state index contributed by atoms with van der Waals surface area (Å²) in [5.74, 6) is -1.51. The molecule has 2 heterocycles. The molecule has 0 spiro atoms. The van der Waals surface area contributed by atoms with Crippen LogP contribution in [0, 0.1) is 5.82 Å². The predicted molar refractivity (Wildman–Crippen MR) is 75.5 cm³/mol. The molecule has 0 aliphatic carbocycles. The molecule has 21 heavy (non-hydrogen) atoms. The molecule has 0 radical (unpaired) electrons. The molecule has 0 bridgehead atoms. The minimum atomic E-state index is -0.731. The van der Waals surface area contributed by atoms with Crippen LogP contribution in [0.2, 0.25) is 5.15 Å². The number of aromatic nitrogens is 4. The molecule has 0 fully saturated rings. The van der Waals surface area contributed by atoms with Crippen LogP contribution in [0.5, 0.6) is 0 Å². The molecule has 0 aliphatic heterocycles. The van der Waals surface area contributed by atoms with Crippen molar-refractivity contribution < 1.29 is 9.18 Å². The highest BCUT2D eigenvalue weighted by atomic mass is 35.5. The van der Waals surface area contributed by atoms with Crippen LogP contribution < -0.4 is 11.1 Å². The third kappa shape index (κ3) is 2.48. The lowest BCUT2D eigenvalue weighted by molar-refractivity contribution is 0.102. The summed E-state index contributed by atoms with van der Waals surface area (Å²) in [5, 5.41) is 2.45. The van der Waals surface area contributed by atoms with Crippen molar-refractivity contribution in [1.82, 2.24) is 19.9 Å². The number of nitrogens with zero attached hydrogens (tertiary/aromatic N) is 3. The molecular formula is C12H8ClFN6O. The minimum Gasteiger partial charge on any atom is -0.399 e. The van der Waals surface area contributed by atoms with Gasteiger partial charge >= 0.3 is 0 Å². The number of benzene rings is 1. The van der Waals surface area contributed by atoms with Crippen LogP contribution in [0.15, 0.2) is 24.5 Å². The van der Waals surface area contributed by atoms with Crippen LogP contribution in [0.25, 0.3) is 11.2 Å². The van der Waals surface area contributed by atoms with Crippen LogP contribution in [0.1, 0.15) is 10.4 Å². The van der Waals surface area contributed by atoms with Crippen LogP contribution in [-0.4, -0.2) is 25.8 Å². The number of rotatable bonds is 2. The summed E-state index contributed by atoms with van der Waals surface area (Å²) in [4.78, 5) is 26.6. The first-order valence-corrected chi connectivity index (χ1v) is 6.15. The van der Waals surface area contributed by atoms with Crippen molar-refractivity contribution in [2.45, 2.75) is 0 Å². The molecule has 3 aromatic rings. The summed E-state index contributed by atoms with van der Waals surface area (Å²) in [5.41, 5.74) is 6.32. The van der Waals surface area contributed by atoms with Crippen LogP contribution in [-0.2, 0) is 0 Å². The number of halogens is 2. The number of nitrogen functional groups attached to an aromatic ring is 1. The maximum Gasteiger partial charge on any atom is 0.261 e.